The summed E-state index contributed by atoms with van der Waals surface area (Å²) in [6, 6.07) is 0. The largest absolute Gasteiger partial charge is 0.377 e. The molecule has 0 spiro atoms. The second-order valence-electron chi connectivity index (χ2n) is 4.77. The van der Waals surface area contributed by atoms with Gasteiger partial charge in [0.15, 0.2) is 9.84 Å². The normalized spacial score (nSPS) is 25.8. The molecule has 1 aliphatic rings. The smallest absolute Gasteiger partial charge is 0.152 e. The van der Waals surface area contributed by atoms with Gasteiger partial charge in [0.25, 0.3) is 0 Å². The van der Waals surface area contributed by atoms with E-state index >= 15 is 0 Å². The Morgan fingerprint density at radius 2 is 2.12 bits per heavy atom. The van der Waals surface area contributed by atoms with Crippen molar-refractivity contribution in [2.45, 2.75) is 52.1 Å². The van der Waals surface area contributed by atoms with Crippen LogP contribution in [0.2, 0.25) is 0 Å². The van der Waals surface area contributed by atoms with E-state index in [4.69, 9.17) is 4.74 Å². The van der Waals surface area contributed by atoms with Gasteiger partial charge < -0.3 is 4.74 Å². The van der Waals surface area contributed by atoms with Crippen LogP contribution < -0.4 is 0 Å². The standard InChI is InChI=1S/C12H24O3S/c1-3-5-6-11(4-2)9-15-12-7-8-16(13,14)10-12/h11-12H,3-10H2,1-2H3/t11-,12+/m0/s1. The molecule has 1 rings (SSSR count). The molecule has 0 aliphatic carbocycles. The fourth-order valence-corrected chi connectivity index (χ4v) is 3.68. The summed E-state index contributed by atoms with van der Waals surface area (Å²) < 4.78 is 28.2. The Kier molecular flexibility index (Phi) is 5.76. The molecule has 16 heavy (non-hydrogen) atoms. The molecule has 0 radical (unpaired) electrons. The molecule has 0 aromatic heterocycles. The lowest BCUT2D eigenvalue weighted by Gasteiger charge is -2.17. The molecule has 0 N–H and O–H groups in total. The molecule has 2 atom stereocenters. The van der Waals surface area contributed by atoms with Gasteiger partial charge in [0.1, 0.15) is 0 Å². The molecule has 0 bridgehead atoms. The van der Waals surface area contributed by atoms with Crippen molar-refractivity contribution in [2.24, 2.45) is 5.92 Å². The first-order valence-corrected chi connectivity index (χ1v) is 8.21. The molecule has 0 saturated carbocycles. The van der Waals surface area contributed by atoms with Crippen LogP contribution in [0.25, 0.3) is 0 Å². The van der Waals surface area contributed by atoms with Crippen LogP contribution in [-0.4, -0.2) is 32.6 Å². The molecule has 96 valence electrons. The predicted octanol–water partition coefficient (Wildman–Crippen LogP) is 2.41. The van der Waals surface area contributed by atoms with E-state index in [1.54, 1.807) is 0 Å². The zero-order valence-corrected chi connectivity index (χ0v) is 11.3. The minimum atomic E-state index is -2.79. The summed E-state index contributed by atoms with van der Waals surface area (Å²) >= 11 is 0. The minimum Gasteiger partial charge on any atom is -0.377 e. The van der Waals surface area contributed by atoms with E-state index in [0.717, 1.165) is 13.0 Å². The summed E-state index contributed by atoms with van der Waals surface area (Å²) in [5.41, 5.74) is 0. The van der Waals surface area contributed by atoms with Gasteiger partial charge in [-0.3, -0.25) is 0 Å². The van der Waals surface area contributed by atoms with Gasteiger partial charge in [0, 0.05) is 6.61 Å². The van der Waals surface area contributed by atoms with Crippen LogP contribution in [0.4, 0.5) is 0 Å². The van der Waals surface area contributed by atoms with Gasteiger partial charge in [0.05, 0.1) is 17.6 Å². The van der Waals surface area contributed by atoms with E-state index in [1.165, 1.54) is 19.3 Å². The van der Waals surface area contributed by atoms with Crippen LogP contribution in [0, 0.1) is 5.92 Å². The minimum absolute atomic E-state index is 0.0410. The molecular formula is C12H24O3S. The quantitative estimate of drug-likeness (QED) is 0.695. The highest BCUT2D eigenvalue weighted by atomic mass is 32.2. The summed E-state index contributed by atoms with van der Waals surface area (Å²) in [5.74, 6) is 1.14. The van der Waals surface area contributed by atoms with Crippen molar-refractivity contribution in [3.8, 4) is 0 Å². The van der Waals surface area contributed by atoms with E-state index < -0.39 is 9.84 Å². The third-order valence-electron chi connectivity index (χ3n) is 3.30. The Morgan fingerprint density at radius 1 is 1.38 bits per heavy atom. The van der Waals surface area contributed by atoms with Crippen molar-refractivity contribution in [3.63, 3.8) is 0 Å². The molecule has 0 unspecified atom stereocenters. The topological polar surface area (TPSA) is 43.4 Å². The van der Waals surface area contributed by atoms with Gasteiger partial charge in [0.2, 0.25) is 0 Å². The lowest BCUT2D eigenvalue weighted by Crippen LogP contribution is -2.19. The first-order chi connectivity index (χ1) is 7.57. The fourth-order valence-electron chi connectivity index (χ4n) is 2.06. The van der Waals surface area contributed by atoms with Crippen molar-refractivity contribution in [3.05, 3.63) is 0 Å². The Hall–Kier alpha value is -0.0900. The third kappa shape index (κ3) is 4.83. The Bertz CT molecular complexity index is 285. The van der Waals surface area contributed by atoms with Crippen molar-refractivity contribution >= 4 is 9.84 Å². The second kappa shape index (κ2) is 6.60. The van der Waals surface area contributed by atoms with Gasteiger partial charge in [-0.25, -0.2) is 8.42 Å². The summed E-state index contributed by atoms with van der Waals surface area (Å²) in [7, 11) is -2.79. The van der Waals surface area contributed by atoms with Crippen LogP contribution in [0.3, 0.4) is 0 Å². The first-order valence-electron chi connectivity index (χ1n) is 6.39. The van der Waals surface area contributed by atoms with Gasteiger partial charge >= 0.3 is 0 Å². The maximum Gasteiger partial charge on any atom is 0.152 e. The molecular weight excluding hydrogens is 224 g/mol. The summed E-state index contributed by atoms with van der Waals surface area (Å²) in [5, 5.41) is 0. The van der Waals surface area contributed by atoms with Gasteiger partial charge in [-0.1, -0.05) is 33.1 Å². The van der Waals surface area contributed by atoms with E-state index in [0.29, 0.717) is 18.1 Å². The van der Waals surface area contributed by atoms with Crippen LogP contribution in [0.5, 0.6) is 0 Å². The molecule has 1 heterocycles. The number of hydrogen-bond acceptors (Lipinski definition) is 3. The molecule has 0 aromatic carbocycles. The summed E-state index contributed by atoms with van der Waals surface area (Å²) in [6.45, 7) is 5.10. The van der Waals surface area contributed by atoms with Crippen molar-refractivity contribution in [2.75, 3.05) is 18.1 Å². The van der Waals surface area contributed by atoms with Crippen molar-refractivity contribution in [1.82, 2.24) is 0 Å². The molecule has 1 saturated heterocycles. The highest BCUT2D eigenvalue weighted by molar-refractivity contribution is 7.91. The third-order valence-corrected chi connectivity index (χ3v) is 5.04. The zero-order valence-electron chi connectivity index (χ0n) is 10.4. The van der Waals surface area contributed by atoms with E-state index in [9.17, 15) is 8.42 Å². The first kappa shape index (κ1) is 14.0. The van der Waals surface area contributed by atoms with Gasteiger partial charge in [-0.15, -0.1) is 0 Å². The van der Waals surface area contributed by atoms with E-state index in [1.807, 2.05) is 0 Å². The van der Waals surface area contributed by atoms with Crippen molar-refractivity contribution < 1.29 is 13.2 Å². The molecule has 1 aliphatic heterocycles. The number of rotatable bonds is 7. The van der Waals surface area contributed by atoms with Crippen LogP contribution in [-0.2, 0) is 14.6 Å². The van der Waals surface area contributed by atoms with Crippen LogP contribution in [0.1, 0.15) is 46.0 Å². The maximum absolute atomic E-state index is 11.2. The molecule has 0 aromatic rings. The second-order valence-corrected chi connectivity index (χ2v) is 7.00. The Balaban J connectivity index is 2.23. The Labute approximate surface area is 99.5 Å². The SMILES string of the molecule is CCCC[C@H](CC)CO[C@@H]1CCS(=O)(=O)C1. The lowest BCUT2D eigenvalue weighted by atomic mass is 10.0. The van der Waals surface area contributed by atoms with Gasteiger partial charge in [-0.2, -0.15) is 0 Å². The summed E-state index contributed by atoms with van der Waals surface area (Å²) in [4.78, 5) is 0. The molecule has 1 fully saturated rings. The lowest BCUT2D eigenvalue weighted by molar-refractivity contribution is 0.0409. The fraction of sp³-hybridized carbons (Fsp3) is 1.00. The zero-order chi connectivity index (χ0) is 12.0. The summed E-state index contributed by atoms with van der Waals surface area (Å²) in [6.07, 6.45) is 5.43. The molecule has 4 heteroatoms. The monoisotopic (exact) mass is 248 g/mol. The van der Waals surface area contributed by atoms with Crippen molar-refractivity contribution in [1.29, 1.82) is 0 Å². The average molecular weight is 248 g/mol. The number of unbranched alkanes of at least 4 members (excludes halogenated alkanes) is 1. The molecule has 0 amide bonds. The highest BCUT2D eigenvalue weighted by Crippen LogP contribution is 2.18. The predicted molar refractivity (Wildman–Crippen MR) is 66.3 cm³/mol. The number of hydrogen-bond donors (Lipinski definition) is 0. The Morgan fingerprint density at radius 3 is 2.62 bits per heavy atom. The average Bonchev–Trinajstić information content (AvgIpc) is 2.59. The van der Waals surface area contributed by atoms with Crippen LogP contribution in [0.15, 0.2) is 0 Å². The number of ether oxygens (including phenoxy) is 1. The van der Waals surface area contributed by atoms with Gasteiger partial charge in [-0.05, 0) is 18.8 Å². The van der Waals surface area contributed by atoms with Crippen LogP contribution >= 0.6 is 0 Å². The molecule has 3 nitrogen and oxygen atoms in total. The highest BCUT2D eigenvalue weighted by Gasteiger charge is 2.28. The van der Waals surface area contributed by atoms with E-state index in [-0.39, 0.29) is 11.9 Å². The van der Waals surface area contributed by atoms with E-state index in [2.05, 4.69) is 13.8 Å². The maximum atomic E-state index is 11.2. The number of sulfone groups is 1.